The van der Waals surface area contributed by atoms with E-state index in [2.05, 4.69) is 0 Å². The second-order valence-corrected chi connectivity index (χ2v) is 11.8. The van der Waals surface area contributed by atoms with Gasteiger partial charge in [-0.2, -0.15) is 0 Å². The molecule has 1 atom stereocenters. The van der Waals surface area contributed by atoms with Crippen molar-refractivity contribution >= 4 is 46.4 Å². The van der Waals surface area contributed by atoms with E-state index in [0.717, 1.165) is 21.6 Å². The molecule has 0 saturated heterocycles. The lowest BCUT2D eigenvalue weighted by molar-refractivity contribution is -0.138. The molecular formula is C34H26N2O6S2. The molecule has 0 amide bonds. The van der Waals surface area contributed by atoms with Gasteiger partial charge >= 0.3 is 11.9 Å². The number of benzene rings is 3. The van der Waals surface area contributed by atoms with Gasteiger partial charge in [0, 0.05) is 10.4 Å². The third kappa shape index (κ3) is 5.90. The average molecular weight is 623 g/mol. The van der Waals surface area contributed by atoms with Gasteiger partial charge in [-0.1, -0.05) is 72.0 Å². The third-order valence-corrected chi connectivity index (χ3v) is 8.88. The van der Waals surface area contributed by atoms with Crippen LogP contribution < -0.4 is 19.6 Å². The fourth-order valence-corrected chi connectivity index (χ4v) is 6.70. The molecule has 0 unspecified atom stereocenters. The summed E-state index contributed by atoms with van der Waals surface area (Å²) in [6, 6.07) is 26.5. The summed E-state index contributed by atoms with van der Waals surface area (Å²) in [5.41, 5.74) is 3.22. The predicted molar refractivity (Wildman–Crippen MR) is 170 cm³/mol. The van der Waals surface area contributed by atoms with Gasteiger partial charge in [-0.25, -0.2) is 14.6 Å². The average Bonchev–Trinajstić information content (AvgIpc) is 3.69. The monoisotopic (exact) mass is 622 g/mol. The zero-order valence-electron chi connectivity index (χ0n) is 23.5. The molecule has 5 aromatic rings. The number of carbonyl (C=O) groups is 2. The Hall–Kier alpha value is -5.06. The molecule has 3 aromatic carbocycles. The van der Waals surface area contributed by atoms with E-state index in [1.165, 1.54) is 22.7 Å². The van der Waals surface area contributed by atoms with Gasteiger partial charge in [0.15, 0.2) is 4.80 Å². The maximum Gasteiger partial charge on any atom is 0.338 e. The number of carbonyl (C=O) groups excluding carboxylic acids is 1. The van der Waals surface area contributed by atoms with Crippen LogP contribution in [-0.4, -0.2) is 28.2 Å². The minimum Gasteiger partial charge on any atom is -0.489 e. The molecule has 1 N–H and O–H groups in total. The van der Waals surface area contributed by atoms with Crippen LogP contribution >= 0.6 is 22.7 Å². The van der Waals surface area contributed by atoms with Crippen LogP contribution in [0.5, 0.6) is 5.75 Å². The summed E-state index contributed by atoms with van der Waals surface area (Å²) >= 11 is 2.74. The first-order valence-corrected chi connectivity index (χ1v) is 15.5. The Morgan fingerprint density at radius 1 is 0.977 bits per heavy atom. The van der Waals surface area contributed by atoms with E-state index in [9.17, 15) is 14.4 Å². The SMILES string of the molecule is CCOC(=O)C1=C(c2ccccc2)N=c2s/c(=C/c3ccc(OCc4ccc(C(=O)O)cc4)cc3)c(=O)n2[C@H]1c1cccs1. The molecule has 0 bridgehead atoms. The van der Waals surface area contributed by atoms with Crippen molar-refractivity contribution in [1.29, 1.82) is 0 Å². The number of ether oxygens (including phenoxy) is 2. The normalized spacial score (nSPS) is 14.6. The van der Waals surface area contributed by atoms with E-state index in [-0.39, 0.29) is 24.3 Å². The second-order valence-electron chi connectivity index (χ2n) is 9.81. The number of nitrogens with zero attached hydrogens (tertiary/aromatic N) is 2. The van der Waals surface area contributed by atoms with Crippen LogP contribution in [0.1, 0.15) is 44.9 Å². The van der Waals surface area contributed by atoms with Gasteiger partial charge in [0.2, 0.25) is 0 Å². The quantitative estimate of drug-likeness (QED) is 0.225. The van der Waals surface area contributed by atoms with Crippen LogP contribution in [0.3, 0.4) is 0 Å². The number of hydrogen-bond donors (Lipinski definition) is 1. The molecule has 0 fully saturated rings. The number of carboxylic acids is 1. The minimum absolute atomic E-state index is 0.197. The van der Waals surface area contributed by atoms with E-state index in [1.54, 1.807) is 41.8 Å². The van der Waals surface area contributed by atoms with Crippen LogP contribution in [0.15, 0.2) is 112 Å². The Labute approximate surface area is 260 Å². The molecule has 44 heavy (non-hydrogen) atoms. The van der Waals surface area contributed by atoms with Crippen LogP contribution in [0.2, 0.25) is 0 Å². The first kappa shape index (κ1) is 29.0. The highest BCUT2D eigenvalue weighted by Crippen LogP contribution is 2.36. The molecule has 0 radical (unpaired) electrons. The van der Waals surface area contributed by atoms with Crippen molar-refractivity contribution in [3.63, 3.8) is 0 Å². The van der Waals surface area contributed by atoms with Crippen LogP contribution in [-0.2, 0) is 16.1 Å². The summed E-state index contributed by atoms with van der Waals surface area (Å²) in [7, 11) is 0. The Bertz CT molecular complexity index is 2030. The van der Waals surface area contributed by atoms with Crippen molar-refractivity contribution in [2.75, 3.05) is 6.61 Å². The van der Waals surface area contributed by atoms with E-state index in [4.69, 9.17) is 19.6 Å². The Morgan fingerprint density at radius 3 is 2.39 bits per heavy atom. The van der Waals surface area contributed by atoms with Crippen molar-refractivity contribution in [3.05, 3.63) is 149 Å². The summed E-state index contributed by atoms with van der Waals surface area (Å²) in [5.74, 6) is -0.843. The molecule has 1 aliphatic rings. The zero-order valence-corrected chi connectivity index (χ0v) is 25.1. The minimum atomic E-state index is -0.974. The summed E-state index contributed by atoms with van der Waals surface area (Å²) in [4.78, 5) is 44.6. The van der Waals surface area contributed by atoms with E-state index < -0.39 is 18.0 Å². The summed E-state index contributed by atoms with van der Waals surface area (Å²) in [5, 5.41) is 11.0. The number of thiophene rings is 1. The van der Waals surface area contributed by atoms with Crippen molar-refractivity contribution in [2.24, 2.45) is 4.99 Å². The van der Waals surface area contributed by atoms with E-state index in [0.29, 0.717) is 26.4 Å². The zero-order chi connectivity index (χ0) is 30.6. The lowest BCUT2D eigenvalue weighted by Crippen LogP contribution is -2.39. The van der Waals surface area contributed by atoms with Crippen LogP contribution in [0.4, 0.5) is 0 Å². The second kappa shape index (κ2) is 12.7. The van der Waals surface area contributed by atoms with Crippen molar-refractivity contribution < 1.29 is 24.2 Å². The number of hydrogen-bond acceptors (Lipinski definition) is 8. The number of fused-ring (bicyclic) bond motifs is 1. The van der Waals surface area contributed by atoms with Gasteiger partial charge in [0.25, 0.3) is 5.56 Å². The third-order valence-electron chi connectivity index (χ3n) is 6.97. The van der Waals surface area contributed by atoms with E-state index >= 15 is 0 Å². The highest BCUT2D eigenvalue weighted by Gasteiger charge is 2.35. The standard InChI is InChI=1S/C34H26N2O6S2/c1-2-41-33(40)28-29(23-7-4-3-5-8-23)35-34-36(30(28)26-9-6-18-43-26)31(37)27(44-34)19-21-12-16-25(17-13-21)42-20-22-10-14-24(15-11-22)32(38)39/h3-19,30H,2,20H2,1H3,(H,38,39)/b27-19+/t30-/m0/s1. The first-order chi connectivity index (χ1) is 21.4. The first-order valence-electron chi connectivity index (χ1n) is 13.8. The van der Waals surface area contributed by atoms with Crippen LogP contribution in [0.25, 0.3) is 11.8 Å². The number of carboxylic acid groups (broad SMARTS) is 1. The Kier molecular flexibility index (Phi) is 8.36. The topological polar surface area (TPSA) is 107 Å². The van der Waals surface area contributed by atoms with Crippen molar-refractivity contribution in [2.45, 2.75) is 19.6 Å². The summed E-state index contributed by atoms with van der Waals surface area (Å²) in [6.07, 6.45) is 1.81. The molecule has 6 rings (SSSR count). The van der Waals surface area contributed by atoms with Crippen molar-refractivity contribution in [3.8, 4) is 5.75 Å². The molecule has 10 heteroatoms. The maximum atomic E-state index is 13.9. The number of esters is 1. The Morgan fingerprint density at radius 2 is 1.73 bits per heavy atom. The molecule has 220 valence electrons. The van der Waals surface area contributed by atoms with Crippen LogP contribution in [0, 0.1) is 0 Å². The summed E-state index contributed by atoms with van der Waals surface area (Å²) in [6.45, 7) is 2.24. The maximum absolute atomic E-state index is 13.9. The fraction of sp³-hybridized carbons (Fsp3) is 0.118. The highest BCUT2D eigenvalue weighted by molar-refractivity contribution is 7.10. The molecule has 0 saturated carbocycles. The lowest BCUT2D eigenvalue weighted by Gasteiger charge is -2.24. The van der Waals surface area contributed by atoms with Gasteiger partial charge < -0.3 is 14.6 Å². The summed E-state index contributed by atoms with van der Waals surface area (Å²) < 4.78 is 13.4. The smallest absolute Gasteiger partial charge is 0.338 e. The fourth-order valence-electron chi connectivity index (χ4n) is 4.88. The molecule has 3 heterocycles. The molecular weight excluding hydrogens is 597 g/mol. The predicted octanol–water partition coefficient (Wildman–Crippen LogP) is 5.27. The number of aromatic carboxylic acids is 1. The van der Waals surface area contributed by atoms with Gasteiger partial charge in [-0.05, 0) is 59.8 Å². The number of aromatic nitrogens is 1. The number of rotatable bonds is 9. The van der Waals surface area contributed by atoms with Gasteiger partial charge in [0.1, 0.15) is 18.4 Å². The Balaban J connectivity index is 1.36. The molecule has 8 nitrogen and oxygen atoms in total. The van der Waals surface area contributed by atoms with Gasteiger partial charge in [-0.15, -0.1) is 11.3 Å². The molecule has 1 aliphatic heterocycles. The van der Waals surface area contributed by atoms with Gasteiger partial charge in [-0.3, -0.25) is 9.36 Å². The highest BCUT2D eigenvalue weighted by atomic mass is 32.1. The molecule has 2 aromatic heterocycles. The van der Waals surface area contributed by atoms with E-state index in [1.807, 2.05) is 72.1 Å². The molecule has 0 aliphatic carbocycles. The lowest BCUT2D eigenvalue weighted by atomic mass is 9.97. The van der Waals surface area contributed by atoms with Gasteiger partial charge in [0.05, 0.1) is 28.0 Å². The van der Waals surface area contributed by atoms with Crippen molar-refractivity contribution in [1.82, 2.24) is 4.57 Å². The largest absolute Gasteiger partial charge is 0.489 e. The number of thiazole rings is 1. The molecule has 0 spiro atoms.